The Hall–Kier alpha value is -3.24. The van der Waals surface area contributed by atoms with Crippen LogP contribution in [0, 0.1) is 0 Å². The van der Waals surface area contributed by atoms with Gasteiger partial charge < -0.3 is 4.57 Å². The van der Waals surface area contributed by atoms with E-state index in [1.54, 1.807) is 0 Å². The highest BCUT2D eigenvalue weighted by Gasteiger charge is 2.14. The molecule has 0 N–H and O–H groups in total. The number of nitrogens with zero attached hydrogens (tertiary/aromatic N) is 1. The van der Waals surface area contributed by atoms with Crippen LogP contribution in [0.3, 0.4) is 0 Å². The topological polar surface area (TPSA) is 39.1 Å². The summed E-state index contributed by atoms with van der Waals surface area (Å²) in [5, 5.41) is 0. The minimum Gasteiger partial charge on any atom is -0.356 e. The van der Waals surface area contributed by atoms with Gasteiger partial charge in [-0.2, -0.15) is 0 Å². The Labute approximate surface area is 185 Å². The van der Waals surface area contributed by atoms with E-state index in [9.17, 15) is 9.00 Å². The van der Waals surface area contributed by atoms with Crippen LogP contribution in [0.25, 0.3) is 22.3 Å². The van der Waals surface area contributed by atoms with Crippen molar-refractivity contribution in [1.82, 2.24) is 4.57 Å². The van der Waals surface area contributed by atoms with Crippen molar-refractivity contribution >= 4 is 10.8 Å². The van der Waals surface area contributed by atoms with Crippen LogP contribution < -0.4 is 5.43 Å². The molecule has 3 nitrogen and oxygen atoms in total. The zero-order valence-electron chi connectivity index (χ0n) is 17.9. The van der Waals surface area contributed by atoms with E-state index in [0.29, 0.717) is 21.9 Å². The Kier molecular flexibility index (Phi) is 6.01. The smallest absolute Gasteiger partial charge is 0.197 e. The first-order valence-corrected chi connectivity index (χ1v) is 11.5. The van der Waals surface area contributed by atoms with Crippen LogP contribution >= 0.6 is 0 Å². The fourth-order valence-electron chi connectivity index (χ4n) is 3.64. The SMILES string of the molecule is CC(C)c1cccc(S(=O)c2cccc(-c3cn(C)cc(-c4ccccc4)c3=O)c2)c1. The molecule has 3 aromatic carbocycles. The van der Waals surface area contributed by atoms with Crippen LogP contribution in [0.5, 0.6) is 0 Å². The molecule has 0 bridgehead atoms. The number of rotatable bonds is 5. The van der Waals surface area contributed by atoms with Crippen molar-refractivity contribution in [3.8, 4) is 22.3 Å². The molecule has 1 unspecified atom stereocenters. The molecule has 0 amide bonds. The fourth-order valence-corrected chi connectivity index (χ4v) is 4.79. The van der Waals surface area contributed by atoms with Gasteiger partial charge in [0.05, 0.1) is 10.8 Å². The molecule has 1 aromatic heterocycles. The molecule has 0 saturated carbocycles. The second-order valence-electron chi connectivity index (χ2n) is 7.97. The van der Waals surface area contributed by atoms with Gasteiger partial charge in [-0.25, -0.2) is 4.21 Å². The maximum absolute atomic E-state index is 13.3. The Morgan fingerprint density at radius 1 is 0.742 bits per heavy atom. The van der Waals surface area contributed by atoms with Gasteiger partial charge in [-0.15, -0.1) is 0 Å². The average Bonchev–Trinajstić information content (AvgIpc) is 2.80. The number of pyridine rings is 1. The van der Waals surface area contributed by atoms with Gasteiger partial charge in [0.15, 0.2) is 5.43 Å². The van der Waals surface area contributed by atoms with Gasteiger partial charge in [0, 0.05) is 40.4 Å². The lowest BCUT2D eigenvalue weighted by Crippen LogP contribution is -2.11. The van der Waals surface area contributed by atoms with E-state index >= 15 is 0 Å². The quantitative estimate of drug-likeness (QED) is 0.391. The molecule has 0 aliphatic carbocycles. The monoisotopic (exact) mass is 427 g/mol. The summed E-state index contributed by atoms with van der Waals surface area (Å²) in [4.78, 5) is 14.8. The molecule has 4 heteroatoms. The Balaban J connectivity index is 1.77. The van der Waals surface area contributed by atoms with E-state index in [4.69, 9.17) is 0 Å². The van der Waals surface area contributed by atoms with E-state index in [-0.39, 0.29) is 5.43 Å². The maximum Gasteiger partial charge on any atom is 0.197 e. The molecular weight excluding hydrogens is 402 g/mol. The predicted molar refractivity (Wildman–Crippen MR) is 128 cm³/mol. The number of aromatic nitrogens is 1. The van der Waals surface area contributed by atoms with Gasteiger partial charge in [-0.05, 0) is 46.9 Å². The third-order valence-electron chi connectivity index (χ3n) is 5.34. The lowest BCUT2D eigenvalue weighted by molar-refractivity contribution is 0.683. The Bertz CT molecular complexity index is 1310. The van der Waals surface area contributed by atoms with E-state index in [1.807, 2.05) is 96.8 Å². The number of aryl methyl sites for hydroxylation is 1. The van der Waals surface area contributed by atoms with Gasteiger partial charge in [-0.1, -0.05) is 68.4 Å². The molecule has 1 atom stereocenters. The fraction of sp³-hybridized carbons (Fsp3) is 0.148. The van der Waals surface area contributed by atoms with E-state index in [2.05, 4.69) is 19.9 Å². The third kappa shape index (κ3) is 4.44. The second-order valence-corrected chi connectivity index (χ2v) is 9.45. The zero-order chi connectivity index (χ0) is 22.0. The molecule has 0 radical (unpaired) electrons. The van der Waals surface area contributed by atoms with Crippen molar-refractivity contribution in [2.24, 2.45) is 7.05 Å². The summed E-state index contributed by atoms with van der Waals surface area (Å²) in [5.41, 5.74) is 4.02. The molecule has 156 valence electrons. The summed E-state index contributed by atoms with van der Waals surface area (Å²) < 4.78 is 15.2. The predicted octanol–water partition coefficient (Wildman–Crippen LogP) is 6.01. The van der Waals surface area contributed by atoms with Crippen molar-refractivity contribution in [2.45, 2.75) is 29.6 Å². The molecule has 0 saturated heterocycles. The third-order valence-corrected chi connectivity index (χ3v) is 6.70. The molecule has 4 aromatic rings. The lowest BCUT2D eigenvalue weighted by Gasteiger charge is -2.11. The van der Waals surface area contributed by atoms with Crippen molar-refractivity contribution in [2.75, 3.05) is 0 Å². The standard InChI is InChI=1S/C27H25NO2S/c1-19(2)21-11-7-13-23(15-21)31(30)24-14-8-12-22(16-24)26-18-28(3)17-25(27(26)29)20-9-5-4-6-10-20/h4-19H,1-3H3. The summed E-state index contributed by atoms with van der Waals surface area (Å²) >= 11 is 0. The lowest BCUT2D eigenvalue weighted by atomic mass is 10.0. The molecule has 0 aliphatic heterocycles. The molecule has 31 heavy (non-hydrogen) atoms. The van der Waals surface area contributed by atoms with Crippen LogP contribution in [0.15, 0.2) is 106 Å². The zero-order valence-corrected chi connectivity index (χ0v) is 18.7. The summed E-state index contributed by atoms with van der Waals surface area (Å²) in [7, 11) is 0.592. The Morgan fingerprint density at radius 2 is 1.32 bits per heavy atom. The first-order chi connectivity index (χ1) is 14.9. The highest BCUT2D eigenvalue weighted by molar-refractivity contribution is 7.85. The van der Waals surface area contributed by atoms with Gasteiger partial charge in [0.1, 0.15) is 0 Å². The second kappa shape index (κ2) is 8.86. The molecule has 0 fully saturated rings. The number of hydrogen-bond donors (Lipinski definition) is 0. The van der Waals surface area contributed by atoms with E-state index in [1.165, 1.54) is 0 Å². The number of benzene rings is 3. The minimum atomic E-state index is -1.32. The minimum absolute atomic E-state index is 0.0333. The largest absolute Gasteiger partial charge is 0.356 e. The summed E-state index contributed by atoms with van der Waals surface area (Å²) in [6.45, 7) is 4.25. The normalized spacial score (nSPS) is 12.1. The summed E-state index contributed by atoms with van der Waals surface area (Å²) in [6, 6.07) is 25.1. The maximum atomic E-state index is 13.3. The van der Waals surface area contributed by atoms with Crippen molar-refractivity contribution < 1.29 is 4.21 Å². The van der Waals surface area contributed by atoms with Crippen LogP contribution in [0.2, 0.25) is 0 Å². The van der Waals surface area contributed by atoms with Gasteiger partial charge in [-0.3, -0.25) is 4.79 Å². The molecule has 0 aliphatic rings. The van der Waals surface area contributed by atoms with Crippen LogP contribution in [0.4, 0.5) is 0 Å². The van der Waals surface area contributed by atoms with E-state index < -0.39 is 10.8 Å². The first-order valence-electron chi connectivity index (χ1n) is 10.3. The highest BCUT2D eigenvalue weighted by atomic mass is 32.2. The number of hydrogen-bond acceptors (Lipinski definition) is 2. The van der Waals surface area contributed by atoms with Crippen LogP contribution in [0.1, 0.15) is 25.3 Å². The van der Waals surface area contributed by atoms with Crippen molar-refractivity contribution in [3.63, 3.8) is 0 Å². The molecule has 4 rings (SSSR count). The van der Waals surface area contributed by atoms with Gasteiger partial charge in [0.25, 0.3) is 0 Å². The van der Waals surface area contributed by atoms with Gasteiger partial charge >= 0.3 is 0 Å². The highest BCUT2D eigenvalue weighted by Crippen LogP contribution is 2.26. The molecule has 0 spiro atoms. The summed E-state index contributed by atoms with van der Waals surface area (Å²) in [6.07, 6.45) is 3.68. The first kappa shape index (κ1) is 21.0. The Morgan fingerprint density at radius 3 is 2.00 bits per heavy atom. The van der Waals surface area contributed by atoms with Crippen LogP contribution in [-0.4, -0.2) is 8.78 Å². The summed E-state index contributed by atoms with van der Waals surface area (Å²) in [5.74, 6) is 0.368. The van der Waals surface area contributed by atoms with Crippen molar-refractivity contribution in [3.05, 3.63) is 107 Å². The van der Waals surface area contributed by atoms with E-state index in [0.717, 1.165) is 21.6 Å². The van der Waals surface area contributed by atoms with Crippen molar-refractivity contribution in [1.29, 1.82) is 0 Å². The van der Waals surface area contributed by atoms with Crippen LogP contribution in [-0.2, 0) is 17.8 Å². The van der Waals surface area contributed by atoms with Gasteiger partial charge in [0.2, 0.25) is 0 Å². The average molecular weight is 428 g/mol. The molecular formula is C27H25NO2S. The molecule has 1 heterocycles.